The van der Waals surface area contributed by atoms with Crippen LogP contribution in [0.2, 0.25) is 0 Å². The fraction of sp³-hybridized carbons (Fsp3) is 0.733. The first kappa shape index (κ1) is 14.7. The minimum absolute atomic E-state index is 0.0839. The molecule has 0 saturated carbocycles. The lowest BCUT2D eigenvalue weighted by Gasteiger charge is -2.48. The summed E-state index contributed by atoms with van der Waals surface area (Å²) < 4.78 is 12.0. The third-order valence-electron chi connectivity index (χ3n) is 4.18. The quantitative estimate of drug-likeness (QED) is 0.887. The molecule has 0 aromatic carbocycles. The number of hydrogen-bond donors (Lipinski definition) is 1. The van der Waals surface area contributed by atoms with Crippen LogP contribution in [0, 0.1) is 0 Å². The molecule has 0 aliphatic carbocycles. The number of aromatic nitrogens is 2. The predicted octanol–water partition coefficient (Wildman–Crippen LogP) is 0.841. The third kappa shape index (κ3) is 3.51. The molecule has 0 amide bonds. The van der Waals surface area contributed by atoms with Gasteiger partial charge in [0, 0.05) is 25.5 Å². The summed E-state index contributed by atoms with van der Waals surface area (Å²) in [5.74, 6) is 0.792. The van der Waals surface area contributed by atoms with E-state index in [-0.39, 0.29) is 11.7 Å². The summed E-state index contributed by atoms with van der Waals surface area (Å²) >= 11 is 0. The number of hydrogen-bond acceptors (Lipinski definition) is 6. The molecule has 3 rings (SSSR count). The molecule has 1 spiro atoms. The van der Waals surface area contributed by atoms with Crippen molar-refractivity contribution in [3.8, 4) is 0 Å². The minimum atomic E-state index is -0.0928. The molecule has 1 N–H and O–H groups in total. The number of nitrogens with zero attached hydrogens (tertiary/aromatic N) is 3. The highest BCUT2D eigenvalue weighted by atomic mass is 16.5. The highest BCUT2D eigenvalue weighted by Gasteiger charge is 2.42. The summed E-state index contributed by atoms with van der Waals surface area (Å²) in [6.07, 6.45) is 5.73. The second kappa shape index (κ2) is 6.68. The molecule has 1 unspecified atom stereocenters. The molecule has 1 aromatic rings. The van der Waals surface area contributed by atoms with Crippen molar-refractivity contribution in [3.05, 3.63) is 18.5 Å². The first-order chi connectivity index (χ1) is 10.3. The molecule has 0 bridgehead atoms. The van der Waals surface area contributed by atoms with Crippen LogP contribution in [0.5, 0.6) is 0 Å². The molecule has 21 heavy (non-hydrogen) atoms. The van der Waals surface area contributed by atoms with E-state index in [1.807, 2.05) is 13.0 Å². The van der Waals surface area contributed by atoms with Crippen LogP contribution in [-0.2, 0) is 9.47 Å². The van der Waals surface area contributed by atoms with Gasteiger partial charge in [-0.2, -0.15) is 0 Å². The van der Waals surface area contributed by atoms with E-state index in [0.717, 1.165) is 51.6 Å². The standard InChI is InChI=1S/C15H24N4O2/c1-2-20-11-13-10-19(14-17-6-3-7-18-14)12-15(21-13)4-8-16-9-5-15/h3,6-7,13,16H,2,4-5,8-12H2,1H3. The highest BCUT2D eigenvalue weighted by molar-refractivity contribution is 5.31. The van der Waals surface area contributed by atoms with E-state index in [1.54, 1.807) is 12.4 Å². The lowest BCUT2D eigenvalue weighted by Crippen LogP contribution is -2.60. The van der Waals surface area contributed by atoms with Gasteiger partial charge >= 0.3 is 0 Å². The maximum atomic E-state index is 6.41. The van der Waals surface area contributed by atoms with Gasteiger partial charge in [-0.1, -0.05) is 0 Å². The van der Waals surface area contributed by atoms with Crippen molar-refractivity contribution in [3.63, 3.8) is 0 Å². The molecule has 6 nitrogen and oxygen atoms in total. The zero-order valence-electron chi connectivity index (χ0n) is 12.6. The molecule has 1 aromatic heterocycles. The fourth-order valence-electron chi connectivity index (χ4n) is 3.19. The molecule has 2 fully saturated rings. The Morgan fingerprint density at radius 2 is 2.14 bits per heavy atom. The highest BCUT2D eigenvalue weighted by Crippen LogP contribution is 2.31. The summed E-state index contributed by atoms with van der Waals surface area (Å²) in [5, 5.41) is 3.41. The van der Waals surface area contributed by atoms with E-state index in [4.69, 9.17) is 9.47 Å². The molecule has 6 heteroatoms. The van der Waals surface area contributed by atoms with Gasteiger partial charge in [0.1, 0.15) is 0 Å². The van der Waals surface area contributed by atoms with Crippen LogP contribution >= 0.6 is 0 Å². The third-order valence-corrected chi connectivity index (χ3v) is 4.18. The van der Waals surface area contributed by atoms with E-state index in [1.165, 1.54) is 0 Å². The molecular weight excluding hydrogens is 268 g/mol. The lowest BCUT2D eigenvalue weighted by molar-refractivity contribution is -0.140. The van der Waals surface area contributed by atoms with Gasteiger partial charge in [-0.3, -0.25) is 0 Å². The zero-order valence-corrected chi connectivity index (χ0v) is 12.6. The Hall–Kier alpha value is -1.24. The molecule has 116 valence electrons. The molecule has 2 saturated heterocycles. The smallest absolute Gasteiger partial charge is 0.225 e. The van der Waals surface area contributed by atoms with E-state index >= 15 is 0 Å². The first-order valence-corrected chi connectivity index (χ1v) is 7.79. The van der Waals surface area contributed by atoms with Crippen molar-refractivity contribution >= 4 is 5.95 Å². The number of nitrogens with one attached hydrogen (secondary N) is 1. The first-order valence-electron chi connectivity index (χ1n) is 7.79. The van der Waals surface area contributed by atoms with Crippen molar-refractivity contribution in [2.75, 3.05) is 44.3 Å². The van der Waals surface area contributed by atoms with E-state index in [0.29, 0.717) is 6.61 Å². The SMILES string of the molecule is CCOCC1CN(c2ncccn2)CC2(CCNCC2)O1. The Morgan fingerprint density at radius 3 is 2.86 bits per heavy atom. The average molecular weight is 292 g/mol. The van der Waals surface area contributed by atoms with Crippen LogP contribution in [0.15, 0.2) is 18.5 Å². The Labute approximate surface area is 125 Å². The summed E-state index contributed by atoms with van der Waals surface area (Å²) in [6.45, 7) is 7.03. The van der Waals surface area contributed by atoms with Crippen LogP contribution in [0.25, 0.3) is 0 Å². The Bertz CT molecular complexity index is 437. The Balaban J connectivity index is 1.76. The van der Waals surface area contributed by atoms with Crippen LogP contribution < -0.4 is 10.2 Å². The van der Waals surface area contributed by atoms with Crippen molar-refractivity contribution in [2.24, 2.45) is 0 Å². The van der Waals surface area contributed by atoms with Gasteiger partial charge in [-0.15, -0.1) is 0 Å². The maximum absolute atomic E-state index is 6.41. The predicted molar refractivity (Wildman–Crippen MR) is 80.4 cm³/mol. The largest absolute Gasteiger partial charge is 0.379 e. The van der Waals surface area contributed by atoms with Crippen LogP contribution in [-0.4, -0.2) is 61.1 Å². The Kier molecular flexibility index (Phi) is 4.67. The maximum Gasteiger partial charge on any atom is 0.225 e. The number of anilines is 1. The van der Waals surface area contributed by atoms with Gasteiger partial charge in [0.2, 0.25) is 5.95 Å². The number of morpholine rings is 1. The zero-order chi connectivity index (χ0) is 14.5. The molecule has 2 aliphatic heterocycles. The molecular formula is C15H24N4O2. The van der Waals surface area contributed by atoms with E-state index in [9.17, 15) is 0 Å². The summed E-state index contributed by atoms with van der Waals surface area (Å²) in [6, 6.07) is 1.85. The van der Waals surface area contributed by atoms with Crippen LogP contribution in [0.4, 0.5) is 5.95 Å². The molecule has 1 atom stereocenters. The van der Waals surface area contributed by atoms with Gasteiger partial charge in [-0.05, 0) is 38.9 Å². The second-order valence-electron chi connectivity index (χ2n) is 5.76. The van der Waals surface area contributed by atoms with Gasteiger partial charge in [0.05, 0.1) is 24.9 Å². The summed E-state index contributed by atoms with van der Waals surface area (Å²) in [5.41, 5.74) is -0.0928. The minimum Gasteiger partial charge on any atom is -0.379 e. The molecule has 2 aliphatic rings. The van der Waals surface area contributed by atoms with Gasteiger partial charge in [0.25, 0.3) is 0 Å². The van der Waals surface area contributed by atoms with E-state index in [2.05, 4.69) is 20.2 Å². The van der Waals surface area contributed by atoms with Crippen molar-refractivity contribution in [1.29, 1.82) is 0 Å². The normalized spacial score (nSPS) is 25.2. The van der Waals surface area contributed by atoms with Crippen molar-refractivity contribution in [1.82, 2.24) is 15.3 Å². The van der Waals surface area contributed by atoms with Gasteiger partial charge in [0.15, 0.2) is 0 Å². The molecule has 3 heterocycles. The lowest BCUT2D eigenvalue weighted by atomic mass is 9.89. The van der Waals surface area contributed by atoms with Crippen molar-refractivity contribution < 1.29 is 9.47 Å². The summed E-state index contributed by atoms with van der Waals surface area (Å²) in [7, 11) is 0. The Morgan fingerprint density at radius 1 is 1.38 bits per heavy atom. The molecule has 0 radical (unpaired) electrons. The summed E-state index contributed by atoms with van der Waals surface area (Å²) in [4.78, 5) is 11.0. The number of rotatable bonds is 4. The van der Waals surface area contributed by atoms with Gasteiger partial charge < -0.3 is 19.7 Å². The monoisotopic (exact) mass is 292 g/mol. The second-order valence-corrected chi connectivity index (χ2v) is 5.76. The van der Waals surface area contributed by atoms with Gasteiger partial charge in [-0.25, -0.2) is 9.97 Å². The number of piperidine rings is 1. The average Bonchev–Trinajstić information content (AvgIpc) is 2.54. The topological polar surface area (TPSA) is 59.5 Å². The van der Waals surface area contributed by atoms with Crippen molar-refractivity contribution in [2.45, 2.75) is 31.5 Å². The van der Waals surface area contributed by atoms with Crippen LogP contribution in [0.3, 0.4) is 0 Å². The fourth-order valence-corrected chi connectivity index (χ4v) is 3.19. The van der Waals surface area contributed by atoms with Crippen LogP contribution in [0.1, 0.15) is 19.8 Å². The number of ether oxygens (including phenoxy) is 2. The van der Waals surface area contributed by atoms with E-state index < -0.39 is 0 Å².